The van der Waals surface area contributed by atoms with Crippen LogP contribution in [0, 0.1) is 5.92 Å². The molecule has 2 aliphatic rings. The highest BCUT2D eigenvalue weighted by Gasteiger charge is 2.34. The first-order valence-corrected chi connectivity index (χ1v) is 11.0. The number of benzene rings is 1. The van der Waals surface area contributed by atoms with Crippen LogP contribution in [0.15, 0.2) is 24.3 Å². The summed E-state index contributed by atoms with van der Waals surface area (Å²) in [7, 11) is -3.43. The molecule has 1 aromatic rings. The summed E-state index contributed by atoms with van der Waals surface area (Å²) in [6, 6.07) is 6.87. The summed E-state index contributed by atoms with van der Waals surface area (Å²) in [5.41, 5.74) is 0.717. The van der Waals surface area contributed by atoms with E-state index in [0.29, 0.717) is 23.7 Å². The predicted molar refractivity (Wildman–Crippen MR) is 98.8 cm³/mol. The summed E-state index contributed by atoms with van der Waals surface area (Å²) < 4.78 is 27.0. The van der Waals surface area contributed by atoms with Crippen LogP contribution in [0.5, 0.6) is 0 Å². The first kappa shape index (κ1) is 18.7. The lowest BCUT2D eigenvalue weighted by atomic mass is 9.97. The fourth-order valence-corrected chi connectivity index (χ4v) is 5.39. The van der Waals surface area contributed by atoms with E-state index in [4.69, 9.17) is 11.6 Å². The van der Waals surface area contributed by atoms with Gasteiger partial charge in [0.15, 0.2) is 0 Å². The average Bonchev–Trinajstić information content (AvgIpc) is 2.64. The Labute approximate surface area is 155 Å². The Bertz CT molecular complexity index is 700. The van der Waals surface area contributed by atoms with E-state index in [1.165, 1.54) is 10.7 Å². The molecule has 5 nitrogen and oxygen atoms in total. The Morgan fingerprint density at radius 1 is 1.04 bits per heavy atom. The molecule has 25 heavy (non-hydrogen) atoms. The maximum atomic E-state index is 12.8. The van der Waals surface area contributed by atoms with Crippen molar-refractivity contribution in [2.24, 2.45) is 5.92 Å². The second-order valence-corrected chi connectivity index (χ2v) is 9.37. The first-order valence-electron chi connectivity index (χ1n) is 8.97. The van der Waals surface area contributed by atoms with E-state index in [2.05, 4.69) is 0 Å². The molecular formula is C18H25ClN2O3S. The minimum atomic E-state index is -3.43. The van der Waals surface area contributed by atoms with Crippen LogP contribution in [0.3, 0.4) is 0 Å². The summed E-state index contributed by atoms with van der Waals surface area (Å²) in [6.07, 6.45) is 4.80. The molecule has 3 rings (SSSR count). The lowest BCUT2D eigenvalue weighted by Gasteiger charge is -2.35. The zero-order valence-electron chi connectivity index (χ0n) is 14.4. The van der Waals surface area contributed by atoms with Crippen LogP contribution in [0.1, 0.15) is 37.7 Å². The van der Waals surface area contributed by atoms with Gasteiger partial charge in [-0.2, -0.15) is 0 Å². The highest BCUT2D eigenvalue weighted by molar-refractivity contribution is 7.88. The van der Waals surface area contributed by atoms with Gasteiger partial charge in [-0.15, -0.1) is 0 Å². The second kappa shape index (κ2) is 8.06. The van der Waals surface area contributed by atoms with E-state index in [1.807, 2.05) is 4.90 Å². The van der Waals surface area contributed by atoms with E-state index in [9.17, 15) is 13.2 Å². The molecule has 0 aromatic heterocycles. The number of sulfonamides is 1. The van der Waals surface area contributed by atoms with Crippen molar-refractivity contribution < 1.29 is 13.2 Å². The molecule has 2 fully saturated rings. The molecular weight excluding hydrogens is 360 g/mol. The zero-order chi connectivity index (χ0) is 17.9. The van der Waals surface area contributed by atoms with Gasteiger partial charge in [-0.3, -0.25) is 4.79 Å². The smallest absolute Gasteiger partial charge is 0.227 e. The Morgan fingerprint density at radius 3 is 2.40 bits per heavy atom. The third kappa shape index (κ3) is 4.74. The average molecular weight is 385 g/mol. The van der Waals surface area contributed by atoms with Gasteiger partial charge in [-0.1, -0.05) is 23.7 Å². The van der Waals surface area contributed by atoms with Crippen LogP contribution in [-0.4, -0.2) is 49.7 Å². The van der Waals surface area contributed by atoms with Gasteiger partial charge in [0, 0.05) is 31.2 Å². The van der Waals surface area contributed by atoms with Gasteiger partial charge in [0.1, 0.15) is 0 Å². The molecule has 7 heteroatoms. The van der Waals surface area contributed by atoms with Crippen molar-refractivity contribution in [2.45, 2.75) is 37.9 Å². The predicted octanol–water partition coefficient (Wildman–Crippen LogP) is 2.89. The molecule has 1 amide bonds. The summed E-state index contributed by atoms with van der Waals surface area (Å²) >= 11 is 5.86. The van der Waals surface area contributed by atoms with Crippen molar-refractivity contribution >= 4 is 27.5 Å². The van der Waals surface area contributed by atoms with Gasteiger partial charge in [0.25, 0.3) is 0 Å². The van der Waals surface area contributed by atoms with Crippen molar-refractivity contribution in [1.29, 1.82) is 0 Å². The van der Waals surface area contributed by atoms with E-state index < -0.39 is 10.0 Å². The fraction of sp³-hybridized carbons (Fsp3) is 0.611. The van der Waals surface area contributed by atoms with Crippen molar-refractivity contribution in [2.75, 3.05) is 26.2 Å². The van der Waals surface area contributed by atoms with E-state index >= 15 is 0 Å². The lowest BCUT2D eigenvalue weighted by Crippen LogP contribution is -2.48. The normalized spacial score (nSPS) is 22.8. The topological polar surface area (TPSA) is 57.7 Å². The molecule has 1 atom stereocenters. The Morgan fingerprint density at radius 2 is 1.72 bits per heavy atom. The molecule has 0 bridgehead atoms. The van der Waals surface area contributed by atoms with Crippen LogP contribution in [-0.2, 0) is 20.6 Å². The van der Waals surface area contributed by atoms with Crippen LogP contribution in [0.2, 0.25) is 5.02 Å². The molecule has 2 heterocycles. The summed E-state index contributed by atoms with van der Waals surface area (Å²) in [6.45, 7) is 2.44. The fourth-order valence-electron chi connectivity index (χ4n) is 3.65. The maximum absolute atomic E-state index is 12.8. The van der Waals surface area contributed by atoms with Gasteiger partial charge in [0.2, 0.25) is 15.9 Å². The Kier molecular flexibility index (Phi) is 6.02. The largest absolute Gasteiger partial charge is 0.342 e. The van der Waals surface area contributed by atoms with Crippen molar-refractivity contribution in [1.82, 2.24) is 9.21 Å². The van der Waals surface area contributed by atoms with Gasteiger partial charge in [0.05, 0.1) is 11.7 Å². The lowest BCUT2D eigenvalue weighted by molar-refractivity contribution is -0.137. The number of piperidine rings is 2. The number of amides is 1. The van der Waals surface area contributed by atoms with Gasteiger partial charge < -0.3 is 4.90 Å². The highest BCUT2D eigenvalue weighted by atomic mass is 35.5. The number of halogens is 1. The first-order chi connectivity index (χ1) is 12.0. The second-order valence-electron chi connectivity index (χ2n) is 6.97. The minimum Gasteiger partial charge on any atom is -0.342 e. The monoisotopic (exact) mass is 384 g/mol. The standard InChI is InChI=1S/C18H25ClN2O3S/c19-17-8-6-15(7-9-17)14-25(23,24)21-12-4-5-16(13-21)18(22)20-10-2-1-3-11-20/h6-9,16H,1-5,10-14H2. The molecule has 0 radical (unpaired) electrons. The van der Waals surface area contributed by atoms with Crippen molar-refractivity contribution in [3.63, 3.8) is 0 Å². The number of nitrogens with zero attached hydrogens (tertiary/aromatic N) is 2. The van der Waals surface area contributed by atoms with Crippen LogP contribution >= 0.6 is 11.6 Å². The summed E-state index contributed by atoms with van der Waals surface area (Å²) in [5.74, 6) is -0.118. The number of likely N-dealkylation sites (tertiary alicyclic amines) is 1. The van der Waals surface area contributed by atoms with Crippen molar-refractivity contribution in [3.8, 4) is 0 Å². The number of carbonyl (C=O) groups is 1. The molecule has 0 saturated carbocycles. The molecule has 0 aliphatic carbocycles. The van der Waals surface area contributed by atoms with Gasteiger partial charge in [-0.25, -0.2) is 12.7 Å². The molecule has 1 aromatic carbocycles. The Balaban J connectivity index is 1.65. The molecule has 1 unspecified atom stereocenters. The quantitative estimate of drug-likeness (QED) is 0.802. The molecule has 2 saturated heterocycles. The molecule has 138 valence electrons. The Hall–Kier alpha value is -1.11. The van der Waals surface area contributed by atoms with Gasteiger partial charge in [-0.05, 0) is 49.8 Å². The van der Waals surface area contributed by atoms with Crippen LogP contribution in [0.4, 0.5) is 0 Å². The third-order valence-electron chi connectivity index (χ3n) is 5.06. The maximum Gasteiger partial charge on any atom is 0.227 e. The zero-order valence-corrected chi connectivity index (χ0v) is 15.9. The summed E-state index contributed by atoms with van der Waals surface area (Å²) in [5, 5.41) is 0.589. The SMILES string of the molecule is O=C(C1CCCN(S(=O)(=O)Cc2ccc(Cl)cc2)C1)N1CCCCC1. The summed E-state index contributed by atoms with van der Waals surface area (Å²) in [4.78, 5) is 14.6. The number of rotatable bonds is 4. The minimum absolute atomic E-state index is 0.0468. The van der Waals surface area contributed by atoms with E-state index in [-0.39, 0.29) is 17.6 Å². The number of hydrogen-bond donors (Lipinski definition) is 0. The molecule has 0 N–H and O–H groups in total. The molecule has 2 aliphatic heterocycles. The number of carbonyl (C=O) groups excluding carboxylic acids is 1. The van der Waals surface area contributed by atoms with Crippen LogP contribution in [0.25, 0.3) is 0 Å². The van der Waals surface area contributed by atoms with Gasteiger partial charge >= 0.3 is 0 Å². The van der Waals surface area contributed by atoms with E-state index in [1.54, 1.807) is 24.3 Å². The van der Waals surface area contributed by atoms with Crippen LogP contribution < -0.4 is 0 Å². The van der Waals surface area contributed by atoms with Crippen molar-refractivity contribution in [3.05, 3.63) is 34.9 Å². The number of hydrogen-bond acceptors (Lipinski definition) is 3. The van der Waals surface area contributed by atoms with E-state index in [0.717, 1.165) is 38.8 Å². The highest BCUT2D eigenvalue weighted by Crippen LogP contribution is 2.24. The molecule has 0 spiro atoms. The third-order valence-corrected chi connectivity index (χ3v) is 7.13.